The number of aryl methyl sites for hydroxylation is 1. The number of rotatable bonds is 5. The predicted octanol–water partition coefficient (Wildman–Crippen LogP) is 4.01. The largest absolute Gasteiger partial charge is 0.495 e. The van der Waals surface area contributed by atoms with Crippen LogP contribution in [0, 0.1) is 6.92 Å². The van der Waals surface area contributed by atoms with Crippen molar-refractivity contribution in [3.8, 4) is 5.75 Å². The van der Waals surface area contributed by atoms with E-state index in [0.717, 1.165) is 0 Å². The van der Waals surface area contributed by atoms with Crippen molar-refractivity contribution in [3.63, 3.8) is 0 Å². The fourth-order valence-electron chi connectivity index (χ4n) is 2.12. The highest BCUT2D eigenvalue weighted by Crippen LogP contribution is 2.33. The highest BCUT2D eigenvalue weighted by atomic mass is 79.9. The van der Waals surface area contributed by atoms with Crippen LogP contribution in [-0.4, -0.2) is 28.6 Å². The number of halogens is 2. The zero-order chi connectivity index (χ0) is 18.8. The number of hydrogen-bond donors (Lipinski definition) is 1. The molecule has 2 aromatic rings. The fraction of sp³-hybridized carbons (Fsp3) is 0.188. The third kappa shape index (κ3) is 4.26. The molecular weight excluding hydrogens is 434 g/mol. The van der Waals surface area contributed by atoms with Gasteiger partial charge in [0.25, 0.3) is 10.0 Å². The van der Waals surface area contributed by atoms with Crippen LogP contribution in [0.15, 0.2) is 39.7 Å². The molecule has 0 bridgehead atoms. The minimum absolute atomic E-state index is 0.0889. The number of nitrogens with one attached hydrogen (secondary N) is 1. The lowest BCUT2D eigenvalue weighted by molar-refractivity contribution is 0.0596. The van der Waals surface area contributed by atoms with Crippen molar-refractivity contribution in [1.82, 2.24) is 0 Å². The van der Waals surface area contributed by atoms with Gasteiger partial charge < -0.3 is 9.47 Å². The molecule has 0 aliphatic rings. The number of carbonyl (C=O) groups excluding carboxylic acids is 1. The van der Waals surface area contributed by atoms with Crippen LogP contribution in [0.1, 0.15) is 15.9 Å². The molecule has 0 aliphatic heterocycles. The van der Waals surface area contributed by atoms with Gasteiger partial charge >= 0.3 is 5.97 Å². The average Bonchev–Trinajstić information content (AvgIpc) is 2.56. The Labute approximate surface area is 159 Å². The maximum absolute atomic E-state index is 12.8. The van der Waals surface area contributed by atoms with Crippen LogP contribution in [0.2, 0.25) is 5.02 Å². The van der Waals surface area contributed by atoms with Crippen LogP contribution in [0.25, 0.3) is 0 Å². The second kappa shape index (κ2) is 7.63. The summed E-state index contributed by atoms with van der Waals surface area (Å²) in [6, 6.07) is 7.27. The van der Waals surface area contributed by atoms with Crippen LogP contribution in [0.5, 0.6) is 5.75 Å². The lowest BCUT2D eigenvalue weighted by Gasteiger charge is -2.15. The summed E-state index contributed by atoms with van der Waals surface area (Å²) < 4.78 is 38.4. The Bertz CT molecular complexity index is 930. The summed E-state index contributed by atoms with van der Waals surface area (Å²) in [4.78, 5) is 11.7. The summed E-state index contributed by atoms with van der Waals surface area (Å²) in [7, 11) is -1.49. The van der Waals surface area contributed by atoms with Crippen LogP contribution >= 0.6 is 27.5 Å². The number of esters is 1. The number of sulfonamides is 1. The first-order valence-electron chi connectivity index (χ1n) is 6.94. The molecule has 0 aromatic heterocycles. The van der Waals surface area contributed by atoms with E-state index in [1.165, 1.54) is 38.5 Å². The Morgan fingerprint density at radius 1 is 1.20 bits per heavy atom. The van der Waals surface area contributed by atoms with E-state index in [2.05, 4.69) is 25.4 Å². The summed E-state index contributed by atoms with van der Waals surface area (Å²) in [6.45, 7) is 1.74. The Kier molecular flexibility index (Phi) is 5.97. The molecule has 2 rings (SSSR count). The van der Waals surface area contributed by atoms with Gasteiger partial charge in [-0.3, -0.25) is 4.72 Å². The average molecular weight is 449 g/mol. The third-order valence-electron chi connectivity index (χ3n) is 3.36. The third-order valence-corrected chi connectivity index (χ3v) is 5.69. The number of carbonyl (C=O) groups is 1. The molecule has 0 spiro atoms. The molecule has 0 heterocycles. The maximum Gasteiger partial charge on any atom is 0.339 e. The second-order valence-corrected chi connectivity index (χ2v) is 8.01. The van der Waals surface area contributed by atoms with Gasteiger partial charge in [-0.15, -0.1) is 0 Å². The van der Waals surface area contributed by atoms with Crippen molar-refractivity contribution in [1.29, 1.82) is 0 Å². The van der Waals surface area contributed by atoms with E-state index in [9.17, 15) is 13.2 Å². The first kappa shape index (κ1) is 19.6. The van der Waals surface area contributed by atoms with Crippen molar-refractivity contribution in [2.24, 2.45) is 0 Å². The molecule has 1 N–H and O–H groups in total. The highest BCUT2D eigenvalue weighted by molar-refractivity contribution is 9.10. The van der Waals surface area contributed by atoms with E-state index in [4.69, 9.17) is 16.3 Å². The van der Waals surface area contributed by atoms with E-state index in [1.54, 1.807) is 13.0 Å². The number of anilines is 1. The molecule has 0 aliphatic carbocycles. The van der Waals surface area contributed by atoms with Gasteiger partial charge in [-0.25, -0.2) is 13.2 Å². The number of benzene rings is 2. The van der Waals surface area contributed by atoms with E-state index in [1.807, 2.05) is 0 Å². The van der Waals surface area contributed by atoms with Crippen LogP contribution in [0.4, 0.5) is 5.69 Å². The smallest absolute Gasteiger partial charge is 0.339 e. The van der Waals surface area contributed by atoms with Crippen molar-refractivity contribution in [2.45, 2.75) is 11.8 Å². The van der Waals surface area contributed by atoms with Crippen molar-refractivity contribution in [3.05, 3.63) is 51.0 Å². The van der Waals surface area contributed by atoms with Gasteiger partial charge in [0.2, 0.25) is 0 Å². The van der Waals surface area contributed by atoms with E-state index < -0.39 is 16.0 Å². The minimum atomic E-state index is -4.07. The first-order chi connectivity index (χ1) is 11.7. The fourth-order valence-corrected chi connectivity index (χ4v) is 3.87. The Hall–Kier alpha value is -1.77. The van der Waals surface area contributed by atoms with Gasteiger partial charge in [0.1, 0.15) is 10.6 Å². The maximum atomic E-state index is 12.8. The van der Waals surface area contributed by atoms with Gasteiger partial charge in [-0.05, 0) is 36.8 Å². The molecule has 0 saturated carbocycles. The number of ether oxygens (including phenoxy) is 2. The Morgan fingerprint density at radius 2 is 1.88 bits per heavy atom. The number of hydrogen-bond acceptors (Lipinski definition) is 5. The van der Waals surface area contributed by atoms with Crippen molar-refractivity contribution in [2.75, 3.05) is 18.9 Å². The van der Waals surface area contributed by atoms with Crippen LogP contribution in [-0.2, 0) is 14.8 Å². The molecule has 0 saturated heterocycles. The quantitative estimate of drug-likeness (QED) is 0.699. The van der Waals surface area contributed by atoms with Gasteiger partial charge in [0.15, 0.2) is 0 Å². The molecule has 0 radical (unpaired) electrons. The summed E-state index contributed by atoms with van der Waals surface area (Å²) >= 11 is 9.24. The molecule has 2 aromatic carbocycles. The van der Waals surface area contributed by atoms with Gasteiger partial charge in [0.05, 0.1) is 25.5 Å². The Morgan fingerprint density at radius 3 is 2.48 bits per heavy atom. The molecule has 134 valence electrons. The highest BCUT2D eigenvalue weighted by Gasteiger charge is 2.25. The Balaban J connectivity index is 2.55. The zero-order valence-electron chi connectivity index (χ0n) is 13.6. The lowest BCUT2D eigenvalue weighted by atomic mass is 10.2. The minimum Gasteiger partial charge on any atom is -0.495 e. The second-order valence-electron chi connectivity index (χ2n) is 5.04. The van der Waals surface area contributed by atoms with Gasteiger partial charge in [-0.2, -0.15) is 0 Å². The molecular formula is C16H15BrClNO5S. The number of methoxy groups -OCH3 is 2. The van der Waals surface area contributed by atoms with Gasteiger partial charge in [0, 0.05) is 15.6 Å². The molecule has 6 nitrogen and oxygen atoms in total. The van der Waals surface area contributed by atoms with Crippen molar-refractivity contribution < 1.29 is 22.7 Å². The zero-order valence-corrected chi connectivity index (χ0v) is 16.8. The molecule has 25 heavy (non-hydrogen) atoms. The molecule has 0 atom stereocenters. The van der Waals surface area contributed by atoms with Crippen molar-refractivity contribution >= 4 is 49.2 Å². The molecule has 9 heteroatoms. The van der Waals surface area contributed by atoms with Gasteiger partial charge in [-0.1, -0.05) is 27.5 Å². The topological polar surface area (TPSA) is 81.7 Å². The summed E-state index contributed by atoms with van der Waals surface area (Å²) in [5.41, 5.74) is 0.793. The summed E-state index contributed by atoms with van der Waals surface area (Å²) in [5, 5.41) is 0.443. The molecule has 0 fully saturated rings. The van der Waals surface area contributed by atoms with Crippen LogP contribution < -0.4 is 9.46 Å². The standard InChI is InChI=1S/C16H15BrClNO5S/c1-9-6-13(14(23-2)8-12(9)18)19-25(21,22)15-5-4-10(17)7-11(15)16(20)24-3/h4-8,19H,1-3H3. The summed E-state index contributed by atoms with van der Waals surface area (Å²) in [6.07, 6.45) is 0. The molecule has 0 amide bonds. The monoisotopic (exact) mass is 447 g/mol. The SMILES string of the molecule is COC(=O)c1cc(Br)ccc1S(=O)(=O)Nc1cc(C)c(Cl)cc1OC. The van der Waals surface area contributed by atoms with Crippen LogP contribution in [0.3, 0.4) is 0 Å². The van der Waals surface area contributed by atoms with E-state index in [0.29, 0.717) is 15.1 Å². The normalized spacial score (nSPS) is 11.1. The predicted molar refractivity (Wildman–Crippen MR) is 99.0 cm³/mol. The molecule has 0 unspecified atom stereocenters. The van der Waals surface area contributed by atoms with E-state index in [-0.39, 0.29) is 21.9 Å². The van der Waals surface area contributed by atoms with E-state index >= 15 is 0 Å². The lowest BCUT2D eigenvalue weighted by Crippen LogP contribution is -2.18. The first-order valence-corrected chi connectivity index (χ1v) is 9.60. The summed E-state index contributed by atoms with van der Waals surface area (Å²) in [5.74, 6) is -0.503.